The van der Waals surface area contributed by atoms with Gasteiger partial charge in [-0.15, -0.1) is 0 Å². The molecule has 0 aliphatic heterocycles. The van der Waals surface area contributed by atoms with Gasteiger partial charge in [-0.3, -0.25) is 4.79 Å². The summed E-state index contributed by atoms with van der Waals surface area (Å²) in [6, 6.07) is 13.4. The number of esters is 1. The molecule has 1 saturated carbocycles. The van der Waals surface area contributed by atoms with Crippen molar-refractivity contribution in [3.8, 4) is 5.06 Å². The van der Waals surface area contributed by atoms with Crippen LogP contribution in [-0.4, -0.2) is 28.7 Å². The van der Waals surface area contributed by atoms with Gasteiger partial charge in [-0.05, 0) is 54.3 Å². The molecule has 0 spiro atoms. The molecule has 2 aromatic heterocycles. The van der Waals surface area contributed by atoms with Crippen molar-refractivity contribution in [2.24, 2.45) is 0 Å². The van der Waals surface area contributed by atoms with Crippen LogP contribution in [0, 0.1) is 0 Å². The molecular formula is C26H21F3N2O4S. The number of fused-ring (bicyclic) bond motifs is 1. The molecule has 1 amide bonds. The van der Waals surface area contributed by atoms with Gasteiger partial charge in [-0.2, -0.15) is 13.2 Å². The standard InChI is InChI=1S/C26H21F3N2O4S/c1-35-23(33)16-4-8-17(9-5-16)25(11-12-25)30-22(32)20-21-19(36-24(20)34)10-13-31(21)14-15-2-6-18(7-3-15)26(27,28)29/h2-10,13,34H,11-12,14H2,1H3,(H,30,32). The minimum Gasteiger partial charge on any atom is -0.499 e. The molecule has 10 heteroatoms. The fraction of sp³-hybridized carbons (Fsp3) is 0.231. The van der Waals surface area contributed by atoms with E-state index in [9.17, 15) is 27.9 Å². The van der Waals surface area contributed by atoms with Crippen LogP contribution in [-0.2, 0) is 23.0 Å². The molecule has 4 aromatic rings. The number of nitrogens with zero attached hydrogens (tertiary/aromatic N) is 1. The van der Waals surface area contributed by atoms with E-state index < -0.39 is 29.2 Å². The van der Waals surface area contributed by atoms with E-state index in [2.05, 4.69) is 5.32 Å². The van der Waals surface area contributed by atoms with Gasteiger partial charge >= 0.3 is 12.1 Å². The lowest BCUT2D eigenvalue weighted by molar-refractivity contribution is -0.137. The number of hydrogen-bond donors (Lipinski definition) is 2. The molecule has 6 nitrogen and oxygen atoms in total. The van der Waals surface area contributed by atoms with Crippen molar-refractivity contribution in [2.45, 2.75) is 31.1 Å². The fourth-order valence-electron chi connectivity index (χ4n) is 4.32. The number of nitrogens with one attached hydrogen (secondary N) is 1. The molecule has 5 rings (SSSR count). The number of alkyl halides is 3. The summed E-state index contributed by atoms with van der Waals surface area (Å²) >= 11 is 1.07. The minimum atomic E-state index is -4.41. The molecule has 1 aliphatic rings. The molecule has 36 heavy (non-hydrogen) atoms. The van der Waals surface area contributed by atoms with Gasteiger partial charge in [0.05, 0.1) is 34.0 Å². The van der Waals surface area contributed by atoms with Crippen LogP contribution < -0.4 is 5.32 Å². The Kier molecular flexibility index (Phi) is 5.78. The Hall–Kier alpha value is -3.79. The molecule has 0 saturated heterocycles. The number of aromatic nitrogens is 1. The van der Waals surface area contributed by atoms with Crippen LogP contribution in [0.2, 0.25) is 0 Å². The minimum absolute atomic E-state index is 0.129. The maximum Gasteiger partial charge on any atom is 0.416 e. The fourth-order valence-corrected chi connectivity index (χ4v) is 5.27. The zero-order chi connectivity index (χ0) is 25.7. The second-order valence-electron chi connectivity index (χ2n) is 8.74. The zero-order valence-electron chi connectivity index (χ0n) is 19.1. The average Bonchev–Trinajstić information content (AvgIpc) is 3.42. The highest BCUT2D eigenvalue weighted by Gasteiger charge is 2.46. The van der Waals surface area contributed by atoms with Gasteiger partial charge in [-0.25, -0.2) is 4.79 Å². The van der Waals surface area contributed by atoms with E-state index in [0.717, 1.165) is 29.0 Å². The lowest BCUT2D eigenvalue weighted by atomic mass is 10.0. The van der Waals surface area contributed by atoms with Crippen molar-refractivity contribution < 1.29 is 32.6 Å². The van der Waals surface area contributed by atoms with Crippen LogP contribution in [0.5, 0.6) is 5.06 Å². The van der Waals surface area contributed by atoms with Crippen LogP contribution in [0.1, 0.15) is 50.2 Å². The first-order valence-electron chi connectivity index (χ1n) is 11.1. The molecule has 2 aromatic carbocycles. The molecule has 186 valence electrons. The molecule has 2 heterocycles. The van der Waals surface area contributed by atoms with Gasteiger partial charge in [0, 0.05) is 12.7 Å². The number of benzene rings is 2. The Labute approximate surface area is 207 Å². The zero-order valence-corrected chi connectivity index (χ0v) is 19.9. The number of aromatic hydroxyl groups is 1. The Morgan fingerprint density at radius 3 is 2.33 bits per heavy atom. The average molecular weight is 515 g/mol. The van der Waals surface area contributed by atoms with Crippen molar-refractivity contribution in [3.63, 3.8) is 0 Å². The van der Waals surface area contributed by atoms with Gasteiger partial charge in [0.2, 0.25) is 0 Å². The van der Waals surface area contributed by atoms with Gasteiger partial charge in [0.25, 0.3) is 5.91 Å². The molecule has 1 aliphatic carbocycles. The summed E-state index contributed by atoms with van der Waals surface area (Å²) in [7, 11) is 1.31. The number of ether oxygens (including phenoxy) is 1. The lowest BCUT2D eigenvalue weighted by Gasteiger charge is -2.18. The van der Waals surface area contributed by atoms with Gasteiger partial charge < -0.3 is 19.7 Å². The van der Waals surface area contributed by atoms with Crippen LogP contribution in [0.25, 0.3) is 10.2 Å². The van der Waals surface area contributed by atoms with Gasteiger partial charge in [0.15, 0.2) is 5.06 Å². The maximum atomic E-state index is 13.4. The number of methoxy groups -OCH3 is 1. The van der Waals surface area contributed by atoms with E-state index in [-0.39, 0.29) is 17.2 Å². The summed E-state index contributed by atoms with van der Waals surface area (Å²) in [5.41, 5.74) is 1.19. The highest BCUT2D eigenvalue weighted by Crippen LogP contribution is 2.47. The van der Waals surface area contributed by atoms with E-state index in [1.54, 1.807) is 41.1 Å². The Morgan fingerprint density at radius 1 is 1.08 bits per heavy atom. The van der Waals surface area contributed by atoms with Crippen molar-refractivity contribution in [1.29, 1.82) is 0 Å². The number of rotatable bonds is 6. The van der Waals surface area contributed by atoms with Crippen LogP contribution in [0.15, 0.2) is 60.8 Å². The Bertz CT molecular complexity index is 1450. The molecule has 0 unspecified atom stereocenters. The second-order valence-corrected chi connectivity index (χ2v) is 9.77. The number of amides is 1. The third-order valence-electron chi connectivity index (χ3n) is 6.41. The van der Waals surface area contributed by atoms with E-state index in [1.165, 1.54) is 19.2 Å². The number of hydrogen-bond acceptors (Lipinski definition) is 5. The van der Waals surface area contributed by atoms with Gasteiger partial charge in [0.1, 0.15) is 5.56 Å². The quantitative estimate of drug-likeness (QED) is 0.325. The molecular weight excluding hydrogens is 493 g/mol. The van der Waals surface area contributed by atoms with Gasteiger partial charge in [-0.1, -0.05) is 35.6 Å². The maximum absolute atomic E-state index is 13.4. The Balaban J connectivity index is 1.40. The summed E-state index contributed by atoms with van der Waals surface area (Å²) in [6.07, 6.45) is -1.26. The second kappa shape index (κ2) is 8.70. The first-order valence-corrected chi connectivity index (χ1v) is 11.9. The summed E-state index contributed by atoms with van der Waals surface area (Å²) in [6.45, 7) is 0.234. The highest BCUT2D eigenvalue weighted by atomic mass is 32.1. The molecule has 0 atom stereocenters. The highest BCUT2D eigenvalue weighted by molar-refractivity contribution is 7.21. The SMILES string of the molecule is COC(=O)c1ccc(C2(NC(=O)c3c(O)sc4ccn(Cc5ccc(C(F)(F)F)cc5)c34)CC2)cc1. The summed E-state index contributed by atoms with van der Waals surface area (Å²) in [5, 5.41) is 13.5. The first-order chi connectivity index (χ1) is 17.1. The topological polar surface area (TPSA) is 80.6 Å². The summed E-state index contributed by atoms with van der Waals surface area (Å²) in [5.74, 6) is -0.893. The molecule has 0 radical (unpaired) electrons. The molecule has 1 fully saturated rings. The summed E-state index contributed by atoms with van der Waals surface area (Å²) < 4.78 is 45.8. The van der Waals surface area contributed by atoms with E-state index in [1.807, 2.05) is 0 Å². The number of halogens is 3. The smallest absolute Gasteiger partial charge is 0.416 e. The number of carbonyl (C=O) groups excluding carboxylic acids is 2. The van der Waals surface area contributed by atoms with Crippen LogP contribution in [0.3, 0.4) is 0 Å². The normalized spacial score (nSPS) is 14.6. The van der Waals surface area contributed by atoms with E-state index >= 15 is 0 Å². The number of thiophene rings is 1. The molecule has 2 N–H and O–H groups in total. The third-order valence-corrected chi connectivity index (χ3v) is 7.35. The van der Waals surface area contributed by atoms with Crippen molar-refractivity contribution in [2.75, 3.05) is 7.11 Å². The predicted molar refractivity (Wildman–Crippen MR) is 128 cm³/mol. The van der Waals surface area contributed by atoms with Crippen molar-refractivity contribution in [1.82, 2.24) is 9.88 Å². The predicted octanol–water partition coefficient (Wildman–Crippen LogP) is 5.68. The Morgan fingerprint density at radius 2 is 1.75 bits per heavy atom. The molecule has 0 bridgehead atoms. The lowest BCUT2D eigenvalue weighted by Crippen LogP contribution is -2.35. The van der Waals surface area contributed by atoms with Crippen molar-refractivity contribution >= 4 is 33.4 Å². The van der Waals surface area contributed by atoms with E-state index in [4.69, 9.17) is 4.74 Å². The van der Waals surface area contributed by atoms with Crippen LogP contribution >= 0.6 is 11.3 Å². The summed E-state index contributed by atoms with van der Waals surface area (Å²) in [4.78, 5) is 25.1. The monoisotopic (exact) mass is 514 g/mol. The van der Waals surface area contributed by atoms with E-state index in [0.29, 0.717) is 34.2 Å². The van der Waals surface area contributed by atoms with Crippen LogP contribution in [0.4, 0.5) is 13.2 Å². The number of carbonyl (C=O) groups is 2. The largest absolute Gasteiger partial charge is 0.499 e. The first kappa shape index (κ1) is 23.9. The van der Waals surface area contributed by atoms with Crippen molar-refractivity contribution in [3.05, 3.63) is 88.6 Å². The third kappa shape index (κ3) is 4.32.